The van der Waals surface area contributed by atoms with Crippen molar-refractivity contribution in [2.75, 3.05) is 7.11 Å². The Bertz CT molecular complexity index is 689. The van der Waals surface area contributed by atoms with Gasteiger partial charge in [0.15, 0.2) is 5.69 Å². The van der Waals surface area contributed by atoms with Crippen LogP contribution >= 0.6 is 11.6 Å². The Labute approximate surface area is 120 Å². The molecule has 0 saturated carbocycles. The summed E-state index contributed by atoms with van der Waals surface area (Å²) in [6.45, 7) is 3.36. The number of ether oxygens (including phenoxy) is 1. The van der Waals surface area contributed by atoms with Crippen LogP contribution in [0, 0.1) is 24.0 Å². The van der Waals surface area contributed by atoms with Gasteiger partial charge in [0, 0.05) is 5.56 Å². The van der Waals surface area contributed by atoms with E-state index in [1.807, 2.05) is 6.92 Å². The molecule has 0 atom stereocenters. The second-order valence-corrected chi connectivity index (χ2v) is 4.55. The number of hydrogen-bond donors (Lipinski definition) is 0. The SMILES string of the molecule is COc1ccc(-c2nc(Cl)nc(C)c2[N+](=O)[O-])c(C)c1. The lowest BCUT2D eigenvalue weighted by molar-refractivity contribution is -0.385. The van der Waals surface area contributed by atoms with Gasteiger partial charge in [-0.05, 0) is 49.2 Å². The van der Waals surface area contributed by atoms with Gasteiger partial charge in [0.2, 0.25) is 5.28 Å². The van der Waals surface area contributed by atoms with Crippen molar-refractivity contribution < 1.29 is 9.66 Å². The van der Waals surface area contributed by atoms with Gasteiger partial charge in [-0.3, -0.25) is 10.1 Å². The molecule has 2 aromatic rings. The Morgan fingerprint density at radius 1 is 1.30 bits per heavy atom. The molecule has 0 aliphatic heterocycles. The van der Waals surface area contributed by atoms with Crippen LogP contribution in [-0.2, 0) is 0 Å². The summed E-state index contributed by atoms with van der Waals surface area (Å²) in [7, 11) is 1.56. The van der Waals surface area contributed by atoms with Crippen molar-refractivity contribution in [2.24, 2.45) is 0 Å². The highest BCUT2D eigenvalue weighted by Gasteiger charge is 2.24. The predicted molar refractivity (Wildman–Crippen MR) is 75.2 cm³/mol. The van der Waals surface area contributed by atoms with Gasteiger partial charge >= 0.3 is 5.69 Å². The monoisotopic (exact) mass is 293 g/mol. The summed E-state index contributed by atoms with van der Waals surface area (Å²) in [6, 6.07) is 5.22. The van der Waals surface area contributed by atoms with E-state index in [0.29, 0.717) is 11.3 Å². The molecule has 0 saturated heterocycles. The molecule has 0 radical (unpaired) electrons. The first kappa shape index (κ1) is 14.2. The zero-order valence-electron chi connectivity index (χ0n) is 11.2. The first-order chi connectivity index (χ1) is 9.43. The highest BCUT2D eigenvalue weighted by Crippen LogP contribution is 2.34. The van der Waals surface area contributed by atoms with Crippen molar-refractivity contribution in [3.8, 4) is 17.0 Å². The van der Waals surface area contributed by atoms with Crippen LogP contribution in [0.4, 0.5) is 5.69 Å². The summed E-state index contributed by atoms with van der Waals surface area (Å²) < 4.78 is 5.12. The number of aryl methyl sites for hydroxylation is 2. The van der Waals surface area contributed by atoms with Gasteiger partial charge in [-0.1, -0.05) is 0 Å². The third kappa shape index (κ3) is 2.55. The van der Waals surface area contributed by atoms with E-state index < -0.39 is 4.92 Å². The van der Waals surface area contributed by atoms with Crippen LogP contribution in [0.5, 0.6) is 5.75 Å². The van der Waals surface area contributed by atoms with E-state index in [4.69, 9.17) is 16.3 Å². The fourth-order valence-corrected chi connectivity index (χ4v) is 2.18. The van der Waals surface area contributed by atoms with Crippen molar-refractivity contribution in [3.63, 3.8) is 0 Å². The lowest BCUT2D eigenvalue weighted by Gasteiger charge is -2.09. The number of aromatic nitrogens is 2. The van der Waals surface area contributed by atoms with E-state index in [9.17, 15) is 10.1 Å². The quantitative estimate of drug-likeness (QED) is 0.493. The smallest absolute Gasteiger partial charge is 0.316 e. The molecular weight excluding hydrogens is 282 g/mol. The molecule has 104 valence electrons. The van der Waals surface area contributed by atoms with Gasteiger partial charge < -0.3 is 4.74 Å². The number of nitro groups is 1. The van der Waals surface area contributed by atoms with Crippen LogP contribution in [0.2, 0.25) is 5.28 Å². The van der Waals surface area contributed by atoms with Crippen LogP contribution < -0.4 is 4.74 Å². The van der Waals surface area contributed by atoms with Crippen molar-refractivity contribution in [1.82, 2.24) is 9.97 Å². The zero-order chi connectivity index (χ0) is 14.9. The molecular formula is C13H12ClN3O3. The first-order valence-electron chi connectivity index (χ1n) is 5.77. The maximum absolute atomic E-state index is 11.2. The number of methoxy groups -OCH3 is 1. The molecule has 0 fully saturated rings. The minimum absolute atomic E-state index is 0.0154. The van der Waals surface area contributed by atoms with Gasteiger partial charge in [0.25, 0.3) is 0 Å². The fourth-order valence-electron chi connectivity index (χ4n) is 1.97. The molecule has 7 heteroatoms. The maximum Gasteiger partial charge on any atom is 0.316 e. The average molecular weight is 294 g/mol. The molecule has 2 rings (SSSR count). The Morgan fingerprint density at radius 3 is 2.55 bits per heavy atom. The Kier molecular flexibility index (Phi) is 3.85. The van der Waals surface area contributed by atoms with Gasteiger partial charge in [-0.25, -0.2) is 9.97 Å². The lowest BCUT2D eigenvalue weighted by Crippen LogP contribution is -2.02. The van der Waals surface area contributed by atoms with Crippen LogP contribution in [0.25, 0.3) is 11.3 Å². The van der Waals surface area contributed by atoms with Crippen LogP contribution in [0.3, 0.4) is 0 Å². The molecule has 1 aromatic carbocycles. The highest BCUT2D eigenvalue weighted by molar-refractivity contribution is 6.28. The Morgan fingerprint density at radius 2 is 2.00 bits per heavy atom. The molecule has 0 amide bonds. The summed E-state index contributed by atoms with van der Waals surface area (Å²) in [4.78, 5) is 18.6. The van der Waals surface area contributed by atoms with E-state index in [1.54, 1.807) is 25.3 Å². The second-order valence-electron chi connectivity index (χ2n) is 4.21. The second kappa shape index (κ2) is 5.42. The van der Waals surface area contributed by atoms with Crippen molar-refractivity contribution in [2.45, 2.75) is 13.8 Å². The fraction of sp³-hybridized carbons (Fsp3) is 0.231. The summed E-state index contributed by atoms with van der Waals surface area (Å²) in [5.41, 5.74) is 1.75. The third-order valence-electron chi connectivity index (χ3n) is 2.90. The molecule has 6 nitrogen and oxygen atoms in total. The predicted octanol–water partition coefficient (Wildman–Crippen LogP) is 3.33. The summed E-state index contributed by atoms with van der Waals surface area (Å²) in [6.07, 6.45) is 0. The minimum Gasteiger partial charge on any atom is -0.497 e. The van der Waals surface area contributed by atoms with E-state index >= 15 is 0 Å². The van der Waals surface area contributed by atoms with Crippen molar-refractivity contribution in [3.05, 3.63) is 44.9 Å². The normalized spacial score (nSPS) is 10.4. The number of hydrogen-bond acceptors (Lipinski definition) is 5. The van der Waals surface area contributed by atoms with Crippen LogP contribution in [0.1, 0.15) is 11.3 Å². The van der Waals surface area contributed by atoms with E-state index in [0.717, 1.165) is 5.56 Å². The molecule has 0 spiro atoms. The van der Waals surface area contributed by atoms with Crippen molar-refractivity contribution >= 4 is 17.3 Å². The minimum atomic E-state index is -0.495. The van der Waals surface area contributed by atoms with Crippen LogP contribution in [-0.4, -0.2) is 22.0 Å². The zero-order valence-corrected chi connectivity index (χ0v) is 11.9. The molecule has 0 aliphatic carbocycles. The number of benzene rings is 1. The molecule has 0 unspecified atom stereocenters. The molecule has 1 heterocycles. The lowest BCUT2D eigenvalue weighted by atomic mass is 10.0. The van der Waals surface area contributed by atoms with Gasteiger partial charge in [0.05, 0.1) is 12.0 Å². The number of rotatable bonds is 3. The van der Waals surface area contributed by atoms with Crippen molar-refractivity contribution in [1.29, 1.82) is 0 Å². The number of nitrogens with zero attached hydrogens (tertiary/aromatic N) is 3. The largest absolute Gasteiger partial charge is 0.497 e. The number of halogens is 1. The van der Waals surface area contributed by atoms with E-state index in [-0.39, 0.29) is 22.4 Å². The average Bonchev–Trinajstić information content (AvgIpc) is 2.36. The van der Waals surface area contributed by atoms with Crippen LogP contribution in [0.15, 0.2) is 18.2 Å². The third-order valence-corrected chi connectivity index (χ3v) is 3.07. The summed E-state index contributed by atoms with van der Waals surface area (Å²) in [5.74, 6) is 0.672. The van der Waals surface area contributed by atoms with Gasteiger partial charge in [0.1, 0.15) is 11.4 Å². The summed E-state index contributed by atoms with van der Waals surface area (Å²) >= 11 is 5.82. The topological polar surface area (TPSA) is 78.2 Å². The highest BCUT2D eigenvalue weighted by atomic mass is 35.5. The maximum atomic E-state index is 11.2. The van der Waals surface area contributed by atoms with Gasteiger partial charge in [-0.2, -0.15) is 0 Å². The Balaban J connectivity index is 2.72. The summed E-state index contributed by atoms with van der Waals surface area (Å²) in [5, 5.41) is 11.2. The first-order valence-corrected chi connectivity index (χ1v) is 6.15. The molecule has 1 aromatic heterocycles. The molecule has 0 bridgehead atoms. The van der Waals surface area contributed by atoms with E-state index in [1.165, 1.54) is 6.92 Å². The van der Waals surface area contributed by atoms with E-state index in [2.05, 4.69) is 9.97 Å². The molecule has 20 heavy (non-hydrogen) atoms. The standard InChI is InChI=1S/C13H12ClN3O3/c1-7-6-9(20-3)4-5-10(7)11-12(17(18)19)8(2)15-13(14)16-11/h4-6H,1-3H3. The Hall–Kier alpha value is -2.21. The molecule has 0 aliphatic rings. The van der Waals surface area contributed by atoms with Gasteiger partial charge in [-0.15, -0.1) is 0 Å². The molecule has 0 N–H and O–H groups in total.